The lowest BCUT2D eigenvalue weighted by Crippen LogP contribution is -2.23. The Bertz CT molecular complexity index is 307. The summed E-state index contributed by atoms with van der Waals surface area (Å²) in [5.74, 6) is 0.887. The maximum atomic E-state index is 5.54. The molecule has 2 fully saturated rings. The molecule has 3 heterocycles. The molecule has 0 saturated carbocycles. The predicted molar refractivity (Wildman–Crippen MR) is 55.3 cm³/mol. The fraction of sp³-hybridized carbons (Fsp3) is 0.636. The van der Waals surface area contributed by atoms with Gasteiger partial charge < -0.3 is 14.2 Å². The Balaban J connectivity index is 1.37. The summed E-state index contributed by atoms with van der Waals surface area (Å²) in [5.41, 5.74) is 0. The Morgan fingerprint density at radius 2 is 2.00 bits per heavy atom. The van der Waals surface area contributed by atoms with Crippen molar-refractivity contribution in [2.45, 2.75) is 12.2 Å². The molecule has 0 radical (unpaired) electrons. The zero-order valence-corrected chi connectivity index (χ0v) is 9.00. The van der Waals surface area contributed by atoms with Crippen LogP contribution in [0.1, 0.15) is 0 Å². The molecule has 0 amide bonds. The molecule has 0 aromatic carbocycles. The second kappa shape index (κ2) is 4.45. The van der Waals surface area contributed by atoms with Crippen LogP contribution in [0.25, 0.3) is 0 Å². The van der Waals surface area contributed by atoms with E-state index in [1.54, 1.807) is 5.06 Å². The number of allylic oxidation sites excluding steroid dienone is 1. The molecule has 16 heavy (non-hydrogen) atoms. The van der Waals surface area contributed by atoms with Gasteiger partial charge in [0.05, 0.1) is 19.8 Å². The van der Waals surface area contributed by atoms with Crippen LogP contribution in [0.4, 0.5) is 0 Å². The summed E-state index contributed by atoms with van der Waals surface area (Å²) in [7, 11) is 0. The summed E-state index contributed by atoms with van der Waals surface area (Å²) in [6.45, 7) is 3.64. The van der Waals surface area contributed by atoms with Crippen molar-refractivity contribution in [2.75, 3.05) is 33.0 Å². The fourth-order valence-electron chi connectivity index (χ4n) is 1.36. The summed E-state index contributed by atoms with van der Waals surface area (Å²) >= 11 is 0. The average molecular weight is 225 g/mol. The van der Waals surface area contributed by atoms with Gasteiger partial charge in [-0.2, -0.15) is 0 Å². The van der Waals surface area contributed by atoms with Gasteiger partial charge in [0.2, 0.25) is 0 Å². The number of nitrogens with zero attached hydrogens (tertiary/aromatic N) is 1. The maximum absolute atomic E-state index is 5.54. The van der Waals surface area contributed by atoms with Crippen molar-refractivity contribution in [1.82, 2.24) is 5.06 Å². The average Bonchev–Trinajstić information content (AvgIpc) is 3.17. The van der Waals surface area contributed by atoms with Crippen LogP contribution in [0.15, 0.2) is 24.1 Å². The zero-order chi connectivity index (χ0) is 10.8. The topological polar surface area (TPSA) is 46.8 Å². The van der Waals surface area contributed by atoms with Crippen molar-refractivity contribution < 1.29 is 19.0 Å². The highest BCUT2D eigenvalue weighted by Crippen LogP contribution is 2.15. The van der Waals surface area contributed by atoms with Crippen molar-refractivity contribution >= 4 is 0 Å². The van der Waals surface area contributed by atoms with Crippen LogP contribution in [0.2, 0.25) is 0 Å². The van der Waals surface area contributed by atoms with E-state index in [4.69, 9.17) is 19.0 Å². The van der Waals surface area contributed by atoms with Crippen LogP contribution < -0.4 is 0 Å². The molecule has 88 valence electrons. The monoisotopic (exact) mass is 225 g/mol. The second-order valence-corrected chi connectivity index (χ2v) is 4.04. The van der Waals surface area contributed by atoms with E-state index in [-0.39, 0.29) is 0 Å². The molecule has 2 atom stereocenters. The number of hydroxylamine groups is 2. The molecule has 2 saturated heterocycles. The van der Waals surface area contributed by atoms with Crippen LogP contribution in [0.3, 0.4) is 0 Å². The highest BCUT2D eigenvalue weighted by atomic mass is 16.7. The van der Waals surface area contributed by atoms with E-state index in [0.29, 0.717) is 32.0 Å². The summed E-state index contributed by atoms with van der Waals surface area (Å²) in [5, 5.41) is 1.78. The van der Waals surface area contributed by atoms with Crippen LogP contribution >= 0.6 is 0 Å². The van der Waals surface area contributed by atoms with E-state index in [2.05, 4.69) is 0 Å². The molecule has 5 nitrogen and oxygen atoms in total. The van der Waals surface area contributed by atoms with Gasteiger partial charge in [0.15, 0.2) is 0 Å². The second-order valence-electron chi connectivity index (χ2n) is 4.04. The van der Waals surface area contributed by atoms with Crippen molar-refractivity contribution in [2.24, 2.45) is 0 Å². The summed E-state index contributed by atoms with van der Waals surface area (Å²) in [6, 6.07) is 0. The van der Waals surface area contributed by atoms with E-state index in [1.807, 2.05) is 18.4 Å². The highest BCUT2D eigenvalue weighted by Gasteiger charge is 2.24. The molecular formula is C11H15NO4. The molecule has 2 unspecified atom stereocenters. The third-order valence-electron chi connectivity index (χ3n) is 2.54. The van der Waals surface area contributed by atoms with Crippen molar-refractivity contribution in [3.63, 3.8) is 0 Å². The van der Waals surface area contributed by atoms with Gasteiger partial charge in [-0.05, 0) is 12.2 Å². The smallest absolute Gasteiger partial charge is 0.118 e. The number of ether oxygens (including phenoxy) is 3. The lowest BCUT2D eigenvalue weighted by molar-refractivity contribution is -0.118. The van der Waals surface area contributed by atoms with Gasteiger partial charge in [0.1, 0.15) is 31.2 Å². The Kier molecular flexibility index (Phi) is 2.82. The summed E-state index contributed by atoms with van der Waals surface area (Å²) in [6.07, 6.45) is 6.37. The fourth-order valence-corrected chi connectivity index (χ4v) is 1.36. The first-order valence-corrected chi connectivity index (χ1v) is 5.54. The zero-order valence-electron chi connectivity index (χ0n) is 9.00. The Morgan fingerprint density at radius 3 is 2.62 bits per heavy atom. The molecule has 0 aliphatic carbocycles. The molecule has 0 aromatic heterocycles. The third kappa shape index (κ3) is 2.98. The van der Waals surface area contributed by atoms with Gasteiger partial charge in [0.25, 0.3) is 0 Å². The molecule has 5 heteroatoms. The lowest BCUT2D eigenvalue weighted by atomic mass is 10.3. The summed E-state index contributed by atoms with van der Waals surface area (Å²) < 4.78 is 15.7. The Labute approximate surface area is 94.2 Å². The molecule has 0 spiro atoms. The minimum absolute atomic E-state index is 0.294. The first-order chi connectivity index (χ1) is 7.90. The van der Waals surface area contributed by atoms with Crippen molar-refractivity contribution in [3.05, 3.63) is 24.1 Å². The van der Waals surface area contributed by atoms with Crippen molar-refractivity contribution in [1.29, 1.82) is 0 Å². The lowest BCUT2D eigenvalue weighted by Gasteiger charge is -2.21. The molecule has 3 aliphatic rings. The minimum atomic E-state index is 0.294. The van der Waals surface area contributed by atoms with E-state index in [0.717, 1.165) is 19.0 Å². The maximum Gasteiger partial charge on any atom is 0.118 e. The van der Waals surface area contributed by atoms with E-state index in [1.165, 1.54) is 0 Å². The third-order valence-corrected chi connectivity index (χ3v) is 2.54. The first kappa shape index (κ1) is 10.1. The molecular weight excluding hydrogens is 210 g/mol. The SMILES string of the molecule is C1=CN(OCC2CO2)CC=C1OCC1CO1. The van der Waals surface area contributed by atoms with Gasteiger partial charge in [-0.1, -0.05) is 0 Å². The van der Waals surface area contributed by atoms with Gasteiger partial charge in [-0.3, -0.25) is 9.90 Å². The molecule has 0 N–H and O–H groups in total. The molecule has 0 aromatic rings. The highest BCUT2D eigenvalue weighted by molar-refractivity contribution is 5.15. The largest absolute Gasteiger partial charge is 0.491 e. The quantitative estimate of drug-likeness (QED) is 0.614. The number of hydrogen-bond acceptors (Lipinski definition) is 5. The van der Waals surface area contributed by atoms with Crippen LogP contribution in [0.5, 0.6) is 0 Å². The van der Waals surface area contributed by atoms with Gasteiger partial charge in [-0.25, -0.2) is 0 Å². The van der Waals surface area contributed by atoms with Gasteiger partial charge in [0, 0.05) is 6.20 Å². The normalized spacial score (nSPS) is 31.2. The summed E-state index contributed by atoms with van der Waals surface area (Å²) in [4.78, 5) is 5.49. The first-order valence-electron chi connectivity index (χ1n) is 5.54. The number of rotatable bonds is 6. The molecule has 3 aliphatic heterocycles. The van der Waals surface area contributed by atoms with Gasteiger partial charge in [-0.15, -0.1) is 0 Å². The van der Waals surface area contributed by atoms with Crippen molar-refractivity contribution in [3.8, 4) is 0 Å². The van der Waals surface area contributed by atoms with Crippen LogP contribution in [0, 0.1) is 0 Å². The molecule has 0 bridgehead atoms. The van der Waals surface area contributed by atoms with E-state index < -0.39 is 0 Å². The number of hydrogen-bond donors (Lipinski definition) is 0. The molecule has 3 rings (SSSR count). The van der Waals surface area contributed by atoms with Crippen LogP contribution in [-0.4, -0.2) is 50.2 Å². The minimum Gasteiger partial charge on any atom is -0.491 e. The number of epoxide rings is 2. The Hall–Kier alpha value is -1.04. The van der Waals surface area contributed by atoms with E-state index >= 15 is 0 Å². The van der Waals surface area contributed by atoms with E-state index in [9.17, 15) is 0 Å². The van der Waals surface area contributed by atoms with Gasteiger partial charge >= 0.3 is 0 Å². The predicted octanol–water partition coefficient (Wildman–Crippen LogP) is 0.445. The Morgan fingerprint density at radius 1 is 1.25 bits per heavy atom. The van der Waals surface area contributed by atoms with Crippen LogP contribution in [-0.2, 0) is 19.0 Å². The standard InChI is InChI=1S/C11H15NO4/c1-3-12(16-8-11-7-15-11)4-2-9(1)13-5-10-6-14-10/h1-3,10-11H,4-8H2.